The minimum absolute atomic E-state index is 0.104. The van der Waals surface area contributed by atoms with E-state index in [1.54, 1.807) is 18.2 Å². The first-order valence-electron chi connectivity index (χ1n) is 9.06. The predicted molar refractivity (Wildman–Crippen MR) is 98.9 cm³/mol. The van der Waals surface area contributed by atoms with Gasteiger partial charge in [-0.3, -0.25) is 29.4 Å². The Morgan fingerprint density at radius 1 is 1.15 bits per heavy atom. The number of benzene rings is 1. The second-order valence-corrected chi connectivity index (χ2v) is 6.62. The normalized spacial score (nSPS) is 18.9. The van der Waals surface area contributed by atoms with Crippen LogP contribution in [0.25, 0.3) is 0 Å². The largest absolute Gasteiger partial charge is 0.384 e. The zero-order valence-corrected chi connectivity index (χ0v) is 14.9. The molecule has 1 fully saturated rings. The Balaban J connectivity index is 1.73. The number of terminal acetylenes is 1. The fourth-order valence-corrected chi connectivity index (χ4v) is 3.41. The van der Waals surface area contributed by atoms with Crippen molar-refractivity contribution in [1.29, 1.82) is 0 Å². The lowest BCUT2D eigenvalue weighted by Crippen LogP contribution is -2.54. The van der Waals surface area contributed by atoms with Crippen molar-refractivity contribution in [2.45, 2.75) is 44.6 Å². The van der Waals surface area contributed by atoms with Gasteiger partial charge in [0.05, 0.1) is 11.1 Å². The van der Waals surface area contributed by atoms with E-state index in [0.29, 0.717) is 12.2 Å². The fourth-order valence-electron chi connectivity index (χ4n) is 3.41. The number of piperidine rings is 1. The Morgan fingerprint density at radius 2 is 1.96 bits per heavy atom. The van der Waals surface area contributed by atoms with Crippen LogP contribution in [-0.4, -0.2) is 41.1 Å². The Morgan fingerprint density at radius 3 is 2.70 bits per heavy atom. The van der Waals surface area contributed by atoms with Crippen LogP contribution in [0.15, 0.2) is 18.2 Å². The van der Waals surface area contributed by atoms with E-state index in [1.165, 1.54) is 0 Å². The van der Waals surface area contributed by atoms with Gasteiger partial charge in [-0.15, -0.1) is 12.3 Å². The Labute approximate surface area is 157 Å². The molecule has 1 aromatic carbocycles. The van der Waals surface area contributed by atoms with Crippen LogP contribution in [0.1, 0.15) is 59.2 Å². The summed E-state index contributed by atoms with van der Waals surface area (Å²) >= 11 is 0. The minimum Gasteiger partial charge on any atom is -0.384 e. The maximum absolute atomic E-state index is 12.9. The molecular formula is C20H21N3O4. The van der Waals surface area contributed by atoms with Crippen molar-refractivity contribution >= 4 is 29.3 Å². The molecule has 0 aliphatic carbocycles. The molecule has 2 heterocycles. The van der Waals surface area contributed by atoms with E-state index >= 15 is 0 Å². The lowest BCUT2D eigenvalue weighted by Gasteiger charge is -2.27. The van der Waals surface area contributed by atoms with Gasteiger partial charge in [-0.25, -0.2) is 0 Å². The van der Waals surface area contributed by atoms with Crippen molar-refractivity contribution in [2.24, 2.45) is 0 Å². The second-order valence-electron chi connectivity index (χ2n) is 6.62. The third kappa shape index (κ3) is 3.70. The van der Waals surface area contributed by atoms with Gasteiger partial charge < -0.3 is 5.32 Å². The van der Waals surface area contributed by atoms with E-state index in [4.69, 9.17) is 6.42 Å². The fraction of sp³-hybridized carbons (Fsp3) is 0.400. The maximum Gasteiger partial charge on any atom is 0.264 e. The molecule has 7 heteroatoms. The summed E-state index contributed by atoms with van der Waals surface area (Å²) in [7, 11) is 0. The van der Waals surface area contributed by atoms with Crippen molar-refractivity contribution in [3.8, 4) is 12.3 Å². The number of rotatable bonds is 7. The topological polar surface area (TPSA) is 95.6 Å². The van der Waals surface area contributed by atoms with Gasteiger partial charge in [0.1, 0.15) is 6.04 Å². The lowest BCUT2D eigenvalue weighted by atomic mass is 10.0. The molecule has 27 heavy (non-hydrogen) atoms. The zero-order chi connectivity index (χ0) is 19.4. The van der Waals surface area contributed by atoms with Crippen LogP contribution < -0.4 is 10.6 Å². The van der Waals surface area contributed by atoms with E-state index in [9.17, 15) is 19.2 Å². The van der Waals surface area contributed by atoms with Gasteiger partial charge in [-0.2, -0.15) is 0 Å². The number of imide groups is 2. The molecule has 0 spiro atoms. The Hall–Kier alpha value is -3.14. The molecule has 2 N–H and O–H groups in total. The quantitative estimate of drug-likeness (QED) is 0.434. The van der Waals surface area contributed by atoms with Gasteiger partial charge in [0, 0.05) is 25.1 Å². The zero-order valence-electron chi connectivity index (χ0n) is 14.9. The number of nitrogens with zero attached hydrogens (tertiary/aromatic N) is 1. The molecule has 7 nitrogen and oxygen atoms in total. The number of nitrogens with one attached hydrogen (secondary N) is 2. The van der Waals surface area contributed by atoms with Gasteiger partial charge >= 0.3 is 0 Å². The smallest absolute Gasteiger partial charge is 0.264 e. The number of hydrogen-bond acceptors (Lipinski definition) is 5. The third-order valence-electron chi connectivity index (χ3n) is 4.78. The number of anilines is 1. The summed E-state index contributed by atoms with van der Waals surface area (Å²) in [4.78, 5) is 50.1. The van der Waals surface area contributed by atoms with Crippen molar-refractivity contribution in [3.05, 3.63) is 29.3 Å². The summed E-state index contributed by atoms with van der Waals surface area (Å²) in [5.74, 6) is 0.607. The van der Waals surface area contributed by atoms with Crippen LogP contribution >= 0.6 is 0 Å². The highest BCUT2D eigenvalue weighted by atomic mass is 16.2. The van der Waals surface area contributed by atoms with E-state index in [2.05, 4.69) is 16.6 Å². The van der Waals surface area contributed by atoms with Crippen LogP contribution in [0.2, 0.25) is 0 Å². The van der Waals surface area contributed by atoms with Gasteiger partial charge in [0.2, 0.25) is 11.8 Å². The molecule has 0 radical (unpaired) electrons. The molecule has 1 saturated heterocycles. The van der Waals surface area contributed by atoms with Crippen LogP contribution in [0.4, 0.5) is 5.69 Å². The Bertz CT molecular complexity index is 840. The molecule has 3 rings (SSSR count). The molecule has 1 unspecified atom stereocenters. The van der Waals surface area contributed by atoms with E-state index in [-0.39, 0.29) is 29.9 Å². The molecule has 1 atom stereocenters. The van der Waals surface area contributed by atoms with Crippen LogP contribution in [0.5, 0.6) is 0 Å². The predicted octanol–water partition coefficient (Wildman–Crippen LogP) is 1.69. The summed E-state index contributed by atoms with van der Waals surface area (Å²) in [5, 5.41) is 5.40. The van der Waals surface area contributed by atoms with Crippen molar-refractivity contribution < 1.29 is 19.2 Å². The first-order chi connectivity index (χ1) is 13.0. The maximum atomic E-state index is 12.9. The number of fused-ring (bicyclic) bond motifs is 1. The first kappa shape index (κ1) is 18.6. The molecule has 0 saturated carbocycles. The van der Waals surface area contributed by atoms with Crippen LogP contribution in [0, 0.1) is 12.3 Å². The van der Waals surface area contributed by atoms with Gasteiger partial charge in [-0.1, -0.05) is 12.5 Å². The number of unbranched alkanes of at least 4 members (excludes halogenated alkanes) is 3. The molecule has 1 aromatic rings. The summed E-state index contributed by atoms with van der Waals surface area (Å²) in [6, 6.07) is 4.09. The standard InChI is InChI=1S/C20H21N3O4/c1-2-3-4-5-6-12-21-14-9-7-8-13-17(14)20(27)23(19(13)26)15-10-11-16(24)22-18(15)25/h1,7-9,15,21H,3-6,10-12H2,(H,22,24,25). The van der Waals surface area contributed by atoms with E-state index in [1.807, 2.05) is 0 Å². The molecule has 0 aromatic heterocycles. The van der Waals surface area contributed by atoms with Gasteiger partial charge in [-0.05, 0) is 31.4 Å². The minimum atomic E-state index is -0.952. The third-order valence-corrected chi connectivity index (χ3v) is 4.78. The van der Waals surface area contributed by atoms with Crippen molar-refractivity contribution in [2.75, 3.05) is 11.9 Å². The summed E-state index contributed by atoms with van der Waals surface area (Å²) in [5.41, 5.74) is 1.15. The van der Waals surface area contributed by atoms with Crippen LogP contribution in [0.3, 0.4) is 0 Å². The molecule has 2 aliphatic rings. The monoisotopic (exact) mass is 367 g/mol. The summed E-state index contributed by atoms with van der Waals surface area (Å²) in [6.07, 6.45) is 9.04. The first-order valence-corrected chi connectivity index (χ1v) is 9.06. The molecule has 140 valence electrons. The highest BCUT2D eigenvalue weighted by Crippen LogP contribution is 2.32. The lowest BCUT2D eigenvalue weighted by molar-refractivity contribution is -0.136. The van der Waals surface area contributed by atoms with Gasteiger partial charge in [0.15, 0.2) is 0 Å². The molecule has 4 amide bonds. The van der Waals surface area contributed by atoms with Crippen LogP contribution in [-0.2, 0) is 9.59 Å². The molecule has 2 aliphatic heterocycles. The Kier molecular flexibility index (Phi) is 5.55. The summed E-state index contributed by atoms with van der Waals surface area (Å²) < 4.78 is 0. The SMILES string of the molecule is C#CCCCCCNc1cccc2c1C(=O)N(C1CCC(=O)NC1=O)C2=O. The molecule has 0 bridgehead atoms. The number of carbonyl (C=O) groups is 4. The average Bonchev–Trinajstić information content (AvgIpc) is 2.90. The van der Waals surface area contributed by atoms with Crippen molar-refractivity contribution in [3.63, 3.8) is 0 Å². The van der Waals surface area contributed by atoms with E-state index in [0.717, 1.165) is 30.6 Å². The highest BCUT2D eigenvalue weighted by molar-refractivity contribution is 6.25. The molecular weight excluding hydrogens is 346 g/mol. The number of amides is 4. The van der Waals surface area contributed by atoms with Gasteiger partial charge in [0.25, 0.3) is 11.8 Å². The van der Waals surface area contributed by atoms with E-state index < -0.39 is 23.8 Å². The highest BCUT2D eigenvalue weighted by Gasteiger charge is 2.45. The second kappa shape index (κ2) is 8.04. The number of hydrogen-bond donors (Lipinski definition) is 2. The average molecular weight is 367 g/mol. The number of carbonyl (C=O) groups excluding carboxylic acids is 4. The van der Waals surface area contributed by atoms with Crippen molar-refractivity contribution in [1.82, 2.24) is 10.2 Å². The summed E-state index contributed by atoms with van der Waals surface area (Å²) in [6.45, 7) is 0.654.